The average Bonchev–Trinajstić information content (AvgIpc) is 2.59. The van der Waals surface area contributed by atoms with Crippen molar-refractivity contribution in [3.63, 3.8) is 0 Å². The Kier molecular flexibility index (Phi) is 7.74. The fourth-order valence-electron chi connectivity index (χ4n) is 2.24. The number of hydrogen-bond acceptors (Lipinski definition) is 4. The highest BCUT2D eigenvalue weighted by atomic mass is 79.9. The third-order valence-electron chi connectivity index (χ3n) is 3.35. The Morgan fingerprint density at radius 3 is 2.48 bits per heavy atom. The van der Waals surface area contributed by atoms with Crippen molar-refractivity contribution < 1.29 is 14.3 Å². The molecule has 0 saturated carbocycles. The lowest BCUT2D eigenvalue weighted by Gasteiger charge is -2.17. The highest BCUT2D eigenvalue weighted by molar-refractivity contribution is 9.13. The molecular weight excluding hydrogens is 452 g/mol. The molecule has 134 valence electrons. The summed E-state index contributed by atoms with van der Waals surface area (Å²) in [7, 11) is 0. The zero-order chi connectivity index (χ0) is 18.2. The molecule has 0 heterocycles. The Bertz CT molecular complexity index is 724. The van der Waals surface area contributed by atoms with Crippen LogP contribution in [-0.4, -0.2) is 19.1 Å². The lowest BCUT2D eigenvalue weighted by molar-refractivity contribution is -0.119. The fourth-order valence-corrected chi connectivity index (χ4v) is 3.24. The molecule has 0 atom stereocenters. The second-order valence-electron chi connectivity index (χ2n) is 5.27. The molecule has 5 nitrogen and oxygen atoms in total. The van der Waals surface area contributed by atoms with E-state index in [1.54, 1.807) is 0 Å². The van der Waals surface area contributed by atoms with Crippen LogP contribution in [0.4, 0.5) is 0 Å². The first-order chi connectivity index (χ1) is 12.0. The normalized spacial score (nSPS) is 10.5. The molecule has 1 amide bonds. The van der Waals surface area contributed by atoms with E-state index < -0.39 is 5.91 Å². The predicted octanol–water partition coefficient (Wildman–Crippen LogP) is 3.76. The summed E-state index contributed by atoms with van der Waals surface area (Å²) >= 11 is 7.08. The second kappa shape index (κ2) is 9.79. The number of nitrogens with one attached hydrogen (secondary N) is 1. The van der Waals surface area contributed by atoms with E-state index in [2.05, 4.69) is 49.3 Å². The number of nitrogens with two attached hydrogens (primary N) is 1. The number of ether oxygens (including phenoxy) is 2. The van der Waals surface area contributed by atoms with Crippen molar-refractivity contribution in [2.45, 2.75) is 20.0 Å². The third kappa shape index (κ3) is 5.73. The van der Waals surface area contributed by atoms with Crippen molar-refractivity contribution in [2.24, 2.45) is 5.73 Å². The maximum absolute atomic E-state index is 11.0. The van der Waals surface area contributed by atoms with Crippen LogP contribution in [0.1, 0.15) is 18.1 Å². The van der Waals surface area contributed by atoms with Crippen molar-refractivity contribution in [2.75, 3.05) is 13.2 Å². The number of carbonyl (C=O) groups excluding carboxylic acids is 1. The molecule has 0 saturated heterocycles. The molecule has 0 aliphatic carbocycles. The van der Waals surface area contributed by atoms with Crippen LogP contribution in [0.3, 0.4) is 0 Å². The largest absolute Gasteiger partial charge is 0.490 e. The molecule has 0 aromatic heterocycles. The van der Waals surface area contributed by atoms with Gasteiger partial charge in [0.25, 0.3) is 5.91 Å². The Balaban J connectivity index is 2.16. The summed E-state index contributed by atoms with van der Waals surface area (Å²) in [6, 6.07) is 12.1. The summed E-state index contributed by atoms with van der Waals surface area (Å²) in [6.45, 7) is 3.56. The topological polar surface area (TPSA) is 73.6 Å². The Hall–Kier alpha value is -1.57. The van der Waals surface area contributed by atoms with Crippen LogP contribution in [-0.2, 0) is 17.9 Å². The van der Waals surface area contributed by atoms with E-state index in [0.29, 0.717) is 29.1 Å². The number of amides is 1. The zero-order valence-electron chi connectivity index (χ0n) is 13.9. The van der Waals surface area contributed by atoms with Gasteiger partial charge in [0.1, 0.15) is 0 Å². The molecular formula is C18H20Br2N2O3. The van der Waals surface area contributed by atoms with Gasteiger partial charge in [-0.1, -0.05) is 30.3 Å². The summed E-state index contributed by atoms with van der Waals surface area (Å²) in [4.78, 5) is 11.0. The Labute approximate surface area is 164 Å². The summed E-state index contributed by atoms with van der Waals surface area (Å²) in [5.41, 5.74) is 7.39. The van der Waals surface area contributed by atoms with Gasteiger partial charge in [0.05, 0.1) is 11.1 Å². The number of primary amides is 1. The van der Waals surface area contributed by atoms with Gasteiger partial charge in [-0.15, -0.1) is 0 Å². The van der Waals surface area contributed by atoms with Crippen molar-refractivity contribution in [3.8, 4) is 11.5 Å². The maximum atomic E-state index is 11.0. The molecule has 25 heavy (non-hydrogen) atoms. The molecule has 0 fully saturated rings. The lowest BCUT2D eigenvalue weighted by atomic mass is 10.2. The molecule has 2 aromatic rings. The van der Waals surface area contributed by atoms with E-state index in [0.717, 1.165) is 16.6 Å². The average molecular weight is 472 g/mol. The van der Waals surface area contributed by atoms with Crippen molar-refractivity contribution in [1.82, 2.24) is 5.32 Å². The van der Waals surface area contributed by atoms with E-state index in [9.17, 15) is 4.79 Å². The van der Waals surface area contributed by atoms with Gasteiger partial charge in [-0.05, 0) is 56.0 Å². The van der Waals surface area contributed by atoms with E-state index in [4.69, 9.17) is 15.2 Å². The van der Waals surface area contributed by atoms with Gasteiger partial charge in [-0.25, -0.2) is 0 Å². The highest BCUT2D eigenvalue weighted by Gasteiger charge is 2.18. The van der Waals surface area contributed by atoms with Crippen LogP contribution >= 0.6 is 31.9 Å². The minimum absolute atomic E-state index is 0.212. The SMILES string of the molecule is CCOc1cc(CNCc2ccccc2)c(Br)c(Br)c1OCC(N)=O. The molecule has 2 aromatic carbocycles. The monoisotopic (exact) mass is 470 g/mol. The van der Waals surface area contributed by atoms with Crippen LogP contribution in [0.5, 0.6) is 11.5 Å². The summed E-state index contributed by atoms with van der Waals surface area (Å²) in [6.07, 6.45) is 0. The van der Waals surface area contributed by atoms with E-state index in [-0.39, 0.29) is 6.61 Å². The molecule has 3 N–H and O–H groups in total. The minimum atomic E-state index is -0.543. The highest BCUT2D eigenvalue weighted by Crippen LogP contribution is 2.42. The number of rotatable bonds is 9. The van der Waals surface area contributed by atoms with Crippen molar-refractivity contribution >= 4 is 37.8 Å². The molecule has 0 unspecified atom stereocenters. The van der Waals surface area contributed by atoms with Crippen LogP contribution in [0.15, 0.2) is 45.3 Å². The smallest absolute Gasteiger partial charge is 0.255 e. The van der Waals surface area contributed by atoms with Gasteiger partial charge < -0.3 is 20.5 Å². The first kappa shape index (κ1) is 19.8. The lowest BCUT2D eigenvalue weighted by Crippen LogP contribution is -2.20. The number of carbonyl (C=O) groups is 1. The standard InChI is InChI=1S/C18H20Br2N2O3/c1-2-24-14-8-13(10-22-9-12-6-4-3-5-7-12)16(19)17(20)18(14)25-11-15(21)23/h3-8,22H,2,9-11H2,1H3,(H2,21,23). The van der Waals surface area contributed by atoms with E-state index in [1.807, 2.05) is 31.2 Å². The molecule has 0 spiro atoms. The van der Waals surface area contributed by atoms with Crippen LogP contribution in [0, 0.1) is 0 Å². The van der Waals surface area contributed by atoms with Gasteiger partial charge >= 0.3 is 0 Å². The van der Waals surface area contributed by atoms with E-state index in [1.165, 1.54) is 5.56 Å². The van der Waals surface area contributed by atoms with Crippen LogP contribution in [0.25, 0.3) is 0 Å². The second-order valence-corrected chi connectivity index (χ2v) is 6.85. The van der Waals surface area contributed by atoms with Gasteiger partial charge in [-0.3, -0.25) is 4.79 Å². The van der Waals surface area contributed by atoms with Gasteiger partial charge in [0.15, 0.2) is 18.1 Å². The summed E-state index contributed by atoms with van der Waals surface area (Å²) in [5.74, 6) is 0.480. The molecule has 2 rings (SSSR count). The predicted molar refractivity (Wildman–Crippen MR) is 105 cm³/mol. The molecule has 0 bridgehead atoms. The van der Waals surface area contributed by atoms with Gasteiger partial charge in [0, 0.05) is 17.6 Å². The molecule has 0 radical (unpaired) electrons. The third-order valence-corrected chi connectivity index (χ3v) is 5.54. The minimum Gasteiger partial charge on any atom is -0.490 e. The maximum Gasteiger partial charge on any atom is 0.255 e. The van der Waals surface area contributed by atoms with Crippen molar-refractivity contribution in [3.05, 3.63) is 56.5 Å². The Morgan fingerprint density at radius 2 is 1.84 bits per heavy atom. The van der Waals surface area contributed by atoms with Crippen LogP contribution < -0.4 is 20.5 Å². The number of halogens is 2. The summed E-state index contributed by atoms with van der Waals surface area (Å²) < 4.78 is 12.7. The van der Waals surface area contributed by atoms with Gasteiger partial charge in [0.2, 0.25) is 0 Å². The number of hydrogen-bond donors (Lipinski definition) is 2. The Morgan fingerprint density at radius 1 is 1.12 bits per heavy atom. The van der Waals surface area contributed by atoms with E-state index >= 15 is 0 Å². The molecule has 0 aliphatic heterocycles. The quantitative estimate of drug-likeness (QED) is 0.583. The molecule has 7 heteroatoms. The number of benzene rings is 2. The fraction of sp³-hybridized carbons (Fsp3) is 0.278. The van der Waals surface area contributed by atoms with Crippen molar-refractivity contribution in [1.29, 1.82) is 0 Å². The zero-order valence-corrected chi connectivity index (χ0v) is 17.0. The van der Waals surface area contributed by atoms with Gasteiger partial charge in [-0.2, -0.15) is 0 Å². The first-order valence-corrected chi connectivity index (χ1v) is 9.41. The first-order valence-electron chi connectivity index (χ1n) is 7.82. The molecule has 0 aliphatic rings. The van der Waals surface area contributed by atoms with Crippen LogP contribution in [0.2, 0.25) is 0 Å². The summed E-state index contributed by atoms with van der Waals surface area (Å²) in [5, 5.41) is 3.40.